The Bertz CT molecular complexity index is 4260. The number of anilines is 3. The number of hydrogen-bond donors (Lipinski definition) is 0. The summed E-state index contributed by atoms with van der Waals surface area (Å²) >= 11 is 0. The number of fused-ring (bicyclic) bond motifs is 11. The smallest absolute Gasteiger partial charge is 0.143 e. The van der Waals surface area contributed by atoms with Crippen molar-refractivity contribution in [3.8, 4) is 39.1 Å². The predicted molar refractivity (Wildman–Crippen MR) is 292 cm³/mol. The zero-order valence-corrected chi connectivity index (χ0v) is 37.6. The fraction of sp³-hybridized carbons (Fsp3) is 0. The van der Waals surface area contributed by atoms with Crippen LogP contribution in [-0.2, 0) is 0 Å². The molecular formula is C66H42N2O. The van der Waals surface area contributed by atoms with Crippen LogP contribution in [0, 0.1) is 0 Å². The minimum absolute atomic E-state index is 0.891. The third-order valence-electron chi connectivity index (χ3n) is 14.2. The third-order valence-corrected chi connectivity index (χ3v) is 14.2. The molecule has 3 nitrogen and oxygen atoms in total. The van der Waals surface area contributed by atoms with Crippen LogP contribution in [0.25, 0.3) is 115 Å². The number of benzene rings is 12. The second-order valence-electron chi connectivity index (χ2n) is 18.0. The van der Waals surface area contributed by atoms with Crippen molar-refractivity contribution in [2.75, 3.05) is 4.90 Å². The molecule has 0 N–H and O–H groups in total. The van der Waals surface area contributed by atoms with Gasteiger partial charge in [-0.25, -0.2) is 0 Å². The number of para-hydroxylation sites is 3. The Labute approximate surface area is 399 Å². The molecule has 0 radical (unpaired) electrons. The maximum Gasteiger partial charge on any atom is 0.143 e. The number of furan rings is 1. The molecule has 12 aromatic carbocycles. The molecule has 3 heteroatoms. The van der Waals surface area contributed by atoms with E-state index in [0.29, 0.717) is 0 Å². The van der Waals surface area contributed by atoms with E-state index in [1.54, 1.807) is 0 Å². The molecule has 69 heavy (non-hydrogen) atoms. The van der Waals surface area contributed by atoms with Crippen molar-refractivity contribution in [3.05, 3.63) is 255 Å². The van der Waals surface area contributed by atoms with Crippen LogP contribution < -0.4 is 4.90 Å². The van der Waals surface area contributed by atoms with Crippen LogP contribution in [0.1, 0.15) is 0 Å². The zero-order chi connectivity index (χ0) is 45.4. The van der Waals surface area contributed by atoms with Crippen molar-refractivity contribution in [2.45, 2.75) is 0 Å². The fourth-order valence-corrected chi connectivity index (χ4v) is 10.9. The van der Waals surface area contributed by atoms with Crippen molar-refractivity contribution < 1.29 is 4.42 Å². The first kappa shape index (κ1) is 39.0. The minimum atomic E-state index is 0.891. The normalized spacial score (nSPS) is 11.8. The first-order chi connectivity index (χ1) is 34.2. The number of hydrogen-bond acceptors (Lipinski definition) is 2. The fourth-order valence-electron chi connectivity index (χ4n) is 10.9. The first-order valence-corrected chi connectivity index (χ1v) is 23.7. The predicted octanol–water partition coefficient (Wildman–Crippen LogP) is 18.6. The van der Waals surface area contributed by atoms with E-state index in [4.69, 9.17) is 4.42 Å². The van der Waals surface area contributed by atoms with Gasteiger partial charge in [-0.05, 0) is 128 Å². The SMILES string of the molecule is c1cc(-c2ccc(N(c3ccc(-c4cccc5oc6c7ccccc7ccc6c45)cc3)c3ccccc3-c3ccc4ccc5ccccc5c4c3)cc2)cc(-n2c3ccccc3c3ccccc32)c1. The Morgan fingerprint density at radius 2 is 0.870 bits per heavy atom. The Balaban J connectivity index is 0.899. The molecule has 0 aliphatic carbocycles. The van der Waals surface area contributed by atoms with Crippen LogP contribution in [0.4, 0.5) is 17.1 Å². The summed E-state index contributed by atoms with van der Waals surface area (Å²) in [6.45, 7) is 0. The molecule has 2 heterocycles. The van der Waals surface area contributed by atoms with Crippen LogP contribution in [0.5, 0.6) is 0 Å². The van der Waals surface area contributed by atoms with E-state index in [0.717, 1.165) is 77.9 Å². The summed E-state index contributed by atoms with van der Waals surface area (Å²) in [6.07, 6.45) is 0. The summed E-state index contributed by atoms with van der Waals surface area (Å²) in [4.78, 5) is 2.41. The maximum absolute atomic E-state index is 6.60. The van der Waals surface area contributed by atoms with Gasteiger partial charge in [-0.2, -0.15) is 0 Å². The summed E-state index contributed by atoms with van der Waals surface area (Å²) < 4.78 is 8.99. The molecule has 0 saturated carbocycles. The molecule has 0 bridgehead atoms. The molecule has 0 unspecified atom stereocenters. The highest BCUT2D eigenvalue weighted by Crippen LogP contribution is 2.45. The van der Waals surface area contributed by atoms with Crippen LogP contribution >= 0.6 is 0 Å². The number of nitrogens with zero attached hydrogens (tertiary/aromatic N) is 2. The van der Waals surface area contributed by atoms with Crippen molar-refractivity contribution in [1.29, 1.82) is 0 Å². The lowest BCUT2D eigenvalue weighted by Gasteiger charge is -2.28. The second-order valence-corrected chi connectivity index (χ2v) is 18.0. The topological polar surface area (TPSA) is 21.3 Å². The van der Waals surface area contributed by atoms with Crippen LogP contribution in [0.3, 0.4) is 0 Å². The molecule has 0 atom stereocenters. The van der Waals surface area contributed by atoms with Gasteiger partial charge in [-0.15, -0.1) is 0 Å². The van der Waals surface area contributed by atoms with Crippen molar-refractivity contribution in [1.82, 2.24) is 4.57 Å². The van der Waals surface area contributed by atoms with Gasteiger partial charge >= 0.3 is 0 Å². The summed E-state index contributed by atoms with van der Waals surface area (Å²) in [7, 11) is 0. The van der Waals surface area contributed by atoms with Gasteiger partial charge in [-0.3, -0.25) is 0 Å². The Kier molecular flexibility index (Phi) is 8.90. The number of rotatable bonds is 7. The molecule has 14 aromatic rings. The monoisotopic (exact) mass is 878 g/mol. The molecule has 0 amide bonds. The molecule has 2 aromatic heterocycles. The highest BCUT2D eigenvalue weighted by Gasteiger charge is 2.20. The van der Waals surface area contributed by atoms with E-state index < -0.39 is 0 Å². The Morgan fingerprint density at radius 1 is 0.319 bits per heavy atom. The quantitative estimate of drug-likeness (QED) is 0.149. The average Bonchev–Trinajstić information content (AvgIpc) is 3.98. The lowest BCUT2D eigenvalue weighted by molar-refractivity contribution is 0.673. The lowest BCUT2D eigenvalue weighted by Crippen LogP contribution is -2.11. The standard InChI is InChI=1S/C66H42N2O/c1-3-17-53-44(13-1)27-28-47-29-30-49(42-60(47)53)54-18-5-8-23-61(54)67(51-38-33-46(34-39-51)55-22-12-26-64-65(55)59-40-35-45-14-2-4-19-56(45)66(59)69-64)50-36-31-43(32-37-50)48-15-11-16-52(41-48)68-62-24-9-6-20-57(62)58-21-7-10-25-63(58)68/h1-42H. The Hall–Kier alpha value is -9.18. The lowest BCUT2D eigenvalue weighted by atomic mass is 9.95. The van der Waals surface area contributed by atoms with Crippen molar-refractivity contribution in [2.24, 2.45) is 0 Å². The van der Waals surface area contributed by atoms with Crippen molar-refractivity contribution in [3.63, 3.8) is 0 Å². The van der Waals surface area contributed by atoms with Gasteiger partial charge < -0.3 is 13.9 Å². The Morgan fingerprint density at radius 3 is 1.62 bits per heavy atom. The highest BCUT2D eigenvalue weighted by molar-refractivity contribution is 6.19. The van der Waals surface area contributed by atoms with Crippen LogP contribution in [0.15, 0.2) is 259 Å². The average molecular weight is 879 g/mol. The van der Waals surface area contributed by atoms with E-state index in [1.165, 1.54) is 54.3 Å². The van der Waals surface area contributed by atoms with Crippen LogP contribution in [0.2, 0.25) is 0 Å². The summed E-state index contributed by atoms with van der Waals surface area (Å²) in [6, 6.07) is 92.5. The summed E-state index contributed by atoms with van der Waals surface area (Å²) in [5, 5.41) is 12.1. The summed E-state index contributed by atoms with van der Waals surface area (Å²) in [5.74, 6) is 0. The van der Waals surface area contributed by atoms with Gasteiger partial charge in [0, 0.05) is 49.6 Å². The van der Waals surface area contributed by atoms with Gasteiger partial charge in [0.25, 0.3) is 0 Å². The van der Waals surface area contributed by atoms with Crippen LogP contribution in [-0.4, -0.2) is 4.57 Å². The summed E-state index contributed by atoms with van der Waals surface area (Å²) in [5.41, 5.74) is 15.5. The molecule has 0 aliphatic heterocycles. The van der Waals surface area contributed by atoms with E-state index in [-0.39, 0.29) is 0 Å². The molecule has 14 rings (SSSR count). The maximum atomic E-state index is 6.60. The molecule has 0 spiro atoms. The second kappa shape index (κ2) is 15.7. The van der Waals surface area contributed by atoms with Gasteiger partial charge in [0.1, 0.15) is 11.2 Å². The molecule has 0 fully saturated rings. The van der Waals surface area contributed by atoms with E-state index in [9.17, 15) is 0 Å². The van der Waals surface area contributed by atoms with Gasteiger partial charge in [-0.1, -0.05) is 182 Å². The van der Waals surface area contributed by atoms with Gasteiger partial charge in [0.05, 0.1) is 16.7 Å². The highest BCUT2D eigenvalue weighted by atomic mass is 16.3. The van der Waals surface area contributed by atoms with Crippen molar-refractivity contribution >= 4 is 93.1 Å². The molecule has 0 saturated heterocycles. The minimum Gasteiger partial charge on any atom is -0.455 e. The van der Waals surface area contributed by atoms with E-state index >= 15 is 0 Å². The van der Waals surface area contributed by atoms with Gasteiger partial charge in [0.2, 0.25) is 0 Å². The largest absolute Gasteiger partial charge is 0.455 e. The number of aromatic nitrogens is 1. The molecule has 322 valence electrons. The molecule has 0 aliphatic rings. The van der Waals surface area contributed by atoms with Gasteiger partial charge in [0.15, 0.2) is 0 Å². The third kappa shape index (κ3) is 6.36. The van der Waals surface area contributed by atoms with E-state index in [2.05, 4.69) is 264 Å². The first-order valence-electron chi connectivity index (χ1n) is 23.7. The zero-order valence-electron chi connectivity index (χ0n) is 37.6. The van der Waals surface area contributed by atoms with E-state index in [1.807, 2.05) is 0 Å². The molecular weight excluding hydrogens is 837 g/mol.